The van der Waals surface area contributed by atoms with Gasteiger partial charge in [0.05, 0.1) is 7.11 Å². The first kappa shape index (κ1) is 15.1. The Balaban J connectivity index is 1.85. The highest BCUT2D eigenvalue weighted by molar-refractivity contribution is 9.10. The highest BCUT2D eigenvalue weighted by Gasteiger charge is 1.99. The lowest BCUT2D eigenvalue weighted by molar-refractivity contribution is 0.255. The van der Waals surface area contributed by atoms with Gasteiger partial charge in [0.25, 0.3) is 0 Å². The summed E-state index contributed by atoms with van der Waals surface area (Å²) < 4.78 is 5.93. The fraction of sp³-hybridized carbons (Fsp3) is 0.0667. The lowest BCUT2D eigenvalue weighted by atomic mass is 10.2. The quantitative estimate of drug-likeness (QED) is 0.887. The van der Waals surface area contributed by atoms with Gasteiger partial charge >= 0.3 is 6.03 Å². The molecule has 0 aliphatic rings. The predicted molar refractivity (Wildman–Crippen MR) is 86.1 cm³/mol. The minimum atomic E-state index is -0.352. The number of anilines is 1. The number of ether oxygens (including phenoxy) is 1. The molecule has 0 bridgehead atoms. The van der Waals surface area contributed by atoms with Gasteiger partial charge in [0.1, 0.15) is 11.6 Å². The third-order valence-corrected chi connectivity index (χ3v) is 3.04. The van der Waals surface area contributed by atoms with Crippen molar-refractivity contribution in [3.63, 3.8) is 0 Å². The average Bonchev–Trinajstić information content (AvgIpc) is 2.50. The topological polar surface area (TPSA) is 63.2 Å². The van der Waals surface area contributed by atoms with Crippen molar-refractivity contribution in [1.29, 1.82) is 0 Å². The van der Waals surface area contributed by atoms with E-state index in [1.165, 1.54) is 0 Å². The molecule has 1 heterocycles. The number of aromatic nitrogens is 1. The molecule has 0 unspecified atom stereocenters. The molecule has 0 saturated heterocycles. The van der Waals surface area contributed by atoms with Crippen LogP contribution in [0.5, 0.6) is 5.75 Å². The lowest BCUT2D eigenvalue weighted by Crippen LogP contribution is -2.24. The first-order chi connectivity index (χ1) is 10.2. The second kappa shape index (κ2) is 7.44. The van der Waals surface area contributed by atoms with Gasteiger partial charge in [-0.3, -0.25) is 5.32 Å². The summed E-state index contributed by atoms with van der Waals surface area (Å²) in [7, 11) is 1.62. The van der Waals surface area contributed by atoms with E-state index in [4.69, 9.17) is 4.74 Å². The molecular formula is C15H14BrN3O2. The molecule has 108 valence electrons. The summed E-state index contributed by atoms with van der Waals surface area (Å²) in [5, 5.41) is 5.23. The maximum atomic E-state index is 11.6. The Bertz CT molecular complexity index is 624. The summed E-state index contributed by atoms with van der Waals surface area (Å²) in [4.78, 5) is 15.7. The molecule has 0 spiro atoms. The van der Waals surface area contributed by atoms with Crippen LogP contribution >= 0.6 is 15.9 Å². The number of urea groups is 1. The smallest absolute Gasteiger partial charge is 0.324 e. The predicted octanol–water partition coefficient (Wildman–Crippen LogP) is 3.65. The van der Waals surface area contributed by atoms with Gasteiger partial charge in [-0.2, -0.15) is 0 Å². The molecule has 1 aromatic heterocycles. The minimum absolute atomic E-state index is 0.352. The van der Waals surface area contributed by atoms with Crippen LogP contribution in [0.2, 0.25) is 0 Å². The summed E-state index contributed by atoms with van der Waals surface area (Å²) in [6, 6.07) is 10.6. The molecule has 0 radical (unpaired) electrons. The Morgan fingerprint density at radius 2 is 2.00 bits per heavy atom. The molecule has 6 heteroatoms. The van der Waals surface area contributed by atoms with E-state index in [1.807, 2.05) is 24.3 Å². The standard InChI is InChI=1S/C15H14BrN3O2/c1-21-13-5-2-11(3-6-13)8-9-17-15(20)19-14-7-4-12(16)10-18-14/h2-10H,1H3,(H2,17,18,19,20)/b9-8+. The SMILES string of the molecule is COc1ccc(/C=C/NC(=O)Nc2ccc(Br)cn2)cc1. The number of benzene rings is 1. The Labute approximate surface area is 131 Å². The monoisotopic (exact) mass is 347 g/mol. The van der Waals surface area contributed by atoms with Gasteiger partial charge in [-0.1, -0.05) is 12.1 Å². The van der Waals surface area contributed by atoms with E-state index < -0.39 is 0 Å². The molecule has 0 saturated carbocycles. The van der Waals surface area contributed by atoms with Crippen molar-refractivity contribution in [3.8, 4) is 5.75 Å². The molecule has 0 atom stereocenters. The minimum Gasteiger partial charge on any atom is -0.497 e. The number of rotatable bonds is 4. The molecule has 5 nitrogen and oxygen atoms in total. The number of nitrogens with zero attached hydrogens (tertiary/aromatic N) is 1. The second-order valence-corrected chi connectivity index (χ2v) is 4.98. The Morgan fingerprint density at radius 3 is 2.62 bits per heavy atom. The van der Waals surface area contributed by atoms with Crippen molar-refractivity contribution in [3.05, 3.63) is 58.8 Å². The van der Waals surface area contributed by atoms with E-state index in [0.717, 1.165) is 15.8 Å². The highest BCUT2D eigenvalue weighted by atomic mass is 79.9. The Kier molecular flexibility index (Phi) is 5.34. The van der Waals surface area contributed by atoms with Gasteiger partial charge in [-0.15, -0.1) is 0 Å². The van der Waals surface area contributed by atoms with Gasteiger partial charge in [0.15, 0.2) is 0 Å². The van der Waals surface area contributed by atoms with Crippen molar-refractivity contribution in [2.75, 3.05) is 12.4 Å². The molecule has 2 aromatic rings. The van der Waals surface area contributed by atoms with E-state index in [1.54, 1.807) is 37.7 Å². The van der Waals surface area contributed by atoms with Crippen LogP contribution in [-0.2, 0) is 0 Å². The number of hydrogen-bond donors (Lipinski definition) is 2. The molecular weight excluding hydrogens is 334 g/mol. The van der Waals surface area contributed by atoms with Gasteiger partial charge in [0.2, 0.25) is 0 Å². The number of nitrogens with one attached hydrogen (secondary N) is 2. The third kappa shape index (κ3) is 4.92. The number of methoxy groups -OCH3 is 1. The first-order valence-corrected chi connectivity index (χ1v) is 6.96. The largest absolute Gasteiger partial charge is 0.497 e. The number of amides is 2. The number of hydrogen-bond acceptors (Lipinski definition) is 3. The van der Waals surface area contributed by atoms with E-state index in [0.29, 0.717) is 5.82 Å². The molecule has 1 aromatic carbocycles. The lowest BCUT2D eigenvalue weighted by Gasteiger charge is -2.03. The van der Waals surface area contributed by atoms with Crippen molar-refractivity contribution >= 4 is 33.9 Å². The molecule has 21 heavy (non-hydrogen) atoms. The van der Waals surface area contributed by atoms with Crippen LogP contribution in [-0.4, -0.2) is 18.1 Å². The first-order valence-electron chi connectivity index (χ1n) is 6.17. The van der Waals surface area contributed by atoms with Crippen LogP contribution in [0.4, 0.5) is 10.6 Å². The average molecular weight is 348 g/mol. The fourth-order valence-electron chi connectivity index (χ4n) is 1.53. The van der Waals surface area contributed by atoms with Crippen LogP contribution in [0.1, 0.15) is 5.56 Å². The summed E-state index contributed by atoms with van der Waals surface area (Å²) in [5.74, 6) is 1.27. The molecule has 2 amide bonds. The van der Waals surface area contributed by atoms with Crippen LogP contribution in [0.3, 0.4) is 0 Å². The summed E-state index contributed by atoms with van der Waals surface area (Å²) in [6.45, 7) is 0. The summed E-state index contributed by atoms with van der Waals surface area (Å²) >= 11 is 3.28. The van der Waals surface area contributed by atoms with E-state index in [-0.39, 0.29) is 6.03 Å². The van der Waals surface area contributed by atoms with E-state index >= 15 is 0 Å². The van der Waals surface area contributed by atoms with Crippen LogP contribution < -0.4 is 15.4 Å². The highest BCUT2D eigenvalue weighted by Crippen LogP contribution is 2.12. The second-order valence-electron chi connectivity index (χ2n) is 4.07. The molecule has 0 fully saturated rings. The van der Waals surface area contributed by atoms with Crippen LogP contribution in [0.25, 0.3) is 6.08 Å². The fourth-order valence-corrected chi connectivity index (χ4v) is 1.77. The number of carbonyl (C=O) groups is 1. The van der Waals surface area contributed by atoms with Crippen molar-refractivity contribution in [2.24, 2.45) is 0 Å². The van der Waals surface area contributed by atoms with Crippen molar-refractivity contribution in [2.45, 2.75) is 0 Å². The maximum Gasteiger partial charge on any atom is 0.324 e. The van der Waals surface area contributed by atoms with Crippen LogP contribution in [0.15, 0.2) is 53.3 Å². The molecule has 2 N–H and O–H groups in total. The van der Waals surface area contributed by atoms with E-state index in [2.05, 4.69) is 31.5 Å². The van der Waals surface area contributed by atoms with Gasteiger partial charge in [-0.25, -0.2) is 9.78 Å². The van der Waals surface area contributed by atoms with Gasteiger partial charge < -0.3 is 10.1 Å². The van der Waals surface area contributed by atoms with E-state index in [9.17, 15) is 4.79 Å². The number of halogens is 1. The van der Waals surface area contributed by atoms with Crippen molar-refractivity contribution in [1.82, 2.24) is 10.3 Å². The molecule has 2 rings (SSSR count). The molecule has 0 aliphatic carbocycles. The van der Waals surface area contributed by atoms with Crippen molar-refractivity contribution < 1.29 is 9.53 Å². The zero-order valence-corrected chi connectivity index (χ0v) is 12.9. The number of carbonyl (C=O) groups excluding carboxylic acids is 1. The Morgan fingerprint density at radius 1 is 1.24 bits per heavy atom. The zero-order valence-electron chi connectivity index (χ0n) is 11.3. The van der Waals surface area contributed by atoms with Gasteiger partial charge in [-0.05, 0) is 51.8 Å². The number of pyridine rings is 1. The van der Waals surface area contributed by atoms with Crippen LogP contribution in [0, 0.1) is 0 Å². The third-order valence-electron chi connectivity index (χ3n) is 2.58. The zero-order chi connectivity index (χ0) is 15.1. The Hall–Kier alpha value is -2.34. The summed E-state index contributed by atoms with van der Waals surface area (Å²) in [6.07, 6.45) is 4.97. The normalized spacial score (nSPS) is 10.4. The maximum absolute atomic E-state index is 11.6. The van der Waals surface area contributed by atoms with Gasteiger partial charge in [0, 0.05) is 16.9 Å². The summed E-state index contributed by atoms with van der Waals surface area (Å²) in [5.41, 5.74) is 0.956. The molecule has 0 aliphatic heterocycles.